The number of Topliss-reactive ketones (excluding diaryl/α,β-unsaturated/α-hetero) is 1. The second-order valence-electron chi connectivity index (χ2n) is 7.98. The lowest BCUT2D eigenvalue weighted by atomic mass is 9.94. The summed E-state index contributed by atoms with van der Waals surface area (Å²) < 4.78 is 18.0. The molecule has 9 nitrogen and oxygen atoms in total. The number of aliphatic hydroxyl groups is 1. The van der Waals surface area contributed by atoms with Crippen molar-refractivity contribution in [1.82, 2.24) is 14.5 Å². The molecule has 0 radical (unpaired) electrons. The molecule has 1 saturated heterocycles. The van der Waals surface area contributed by atoms with Crippen molar-refractivity contribution in [2.45, 2.75) is 19.0 Å². The van der Waals surface area contributed by atoms with Gasteiger partial charge in [0.05, 0.1) is 39.3 Å². The van der Waals surface area contributed by atoms with Crippen LogP contribution < -0.4 is 14.2 Å². The van der Waals surface area contributed by atoms with E-state index in [4.69, 9.17) is 14.2 Å². The molecule has 0 spiro atoms. The Bertz CT molecular complexity index is 1230. The molecular weight excluding hydrogens is 450 g/mol. The molecule has 1 aliphatic heterocycles. The maximum Gasteiger partial charge on any atom is 0.295 e. The van der Waals surface area contributed by atoms with Crippen molar-refractivity contribution in [2.75, 3.05) is 27.9 Å². The van der Waals surface area contributed by atoms with Crippen LogP contribution in [0.4, 0.5) is 0 Å². The normalized spacial score (nSPS) is 17.0. The minimum Gasteiger partial charge on any atom is -0.507 e. The number of aliphatic hydroxyl groups excluding tert-OH is 1. The molecule has 0 unspecified atom stereocenters. The standard InChI is InChI=1S/C26H27N3O6/c1-33-18-7-5-17(6-8-18)24(30)22-23(20-15-19(34-2)9-10-21(20)35-3)29(26(32)25(22)31)13-4-12-28-14-11-27-16-28/h5-11,14-16,23,30H,4,12-13H2,1-3H3/t23-/m1/s1. The Hall–Kier alpha value is -4.27. The van der Waals surface area contributed by atoms with Crippen LogP contribution in [0, 0.1) is 0 Å². The third-order valence-electron chi connectivity index (χ3n) is 6.01. The van der Waals surface area contributed by atoms with E-state index in [1.807, 2.05) is 10.8 Å². The fraction of sp³-hybridized carbons (Fsp3) is 0.269. The summed E-state index contributed by atoms with van der Waals surface area (Å²) in [6.45, 7) is 0.899. The fourth-order valence-corrected chi connectivity index (χ4v) is 4.23. The number of rotatable bonds is 9. The number of amides is 1. The summed E-state index contributed by atoms with van der Waals surface area (Å²) in [6.07, 6.45) is 5.79. The number of hydrogen-bond acceptors (Lipinski definition) is 7. The van der Waals surface area contributed by atoms with Crippen LogP contribution >= 0.6 is 0 Å². The molecule has 1 atom stereocenters. The van der Waals surface area contributed by atoms with Crippen molar-refractivity contribution in [2.24, 2.45) is 0 Å². The van der Waals surface area contributed by atoms with Gasteiger partial charge in [0.25, 0.3) is 11.7 Å². The zero-order chi connectivity index (χ0) is 24.9. The lowest BCUT2D eigenvalue weighted by Gasteiger charge is -2.27. The van der Waals surface area contributed by atoms with Gasteiger partial charge in [-0.15, -0.1) is 0 Å². The van der Waals surface area contributed by atoms with Crippen LogP contribution in [-0.4, -0.2) is 59.1 Å². The maximum atomic E-state index is 13.3. The van der Waals surface area contributed by atoms with Crippen LogP contribution in [0.25, 0.3) is 5.76 Å². The van der Waals surface area contributed by atoms with Crippen molar-refractivity contribution in [3.63, 3.8) is 0 Å². The van der Waals surface area contributed by atoms with Crippen molar-refractivity contribution in [3.8, 4) is 17.2 Å². The Morgan fingerprint density at radius 1 is 0.971 bits per heavy atom. The molecule has 0 bridgehead atoms. The smallest absolute Gasteiger partial charge is 0.295 e. The number of likely N-dealkylation sites (tertiary alicyclic amines) is 1. The Morgan fingerprint density at radius 3 is 2.31 bits per heavy atom. The van der Waals surface area contributed by atoms with E-state index >= 15 is 0 Å². The van der Waals surface area contributed by atoms with Crippen LogP contribution in [-0.2, 0) is 16.1 Å². The third kappa shape index (κ3) is 4.70. The van der Waals surface area contributed by atoms with E-state index in [1.54, 1.807) is 62.1 Å². The van der Waals surface area contributed by atoms with Crippen LogP contribution in [0.1, 0.15) is 23.6 Å². The van der Waals surface area contributed by atoms with E-state index in [1.165, 1.54) is 19.1 Å². The lowest BCUT2D eigenvalue weighted by molar-refractivity contribution is -0.140. The molecule has 4 rings (SSSR count). The lowest BCUT2D eigenvalue weighted by Crippen LogP contribution is -2.31. The Morgan fingerprint density at radius 2 is 1.69 bits per heavy atom. The summed E-state index contributed by atoms with van der Waals surface area (Å²) in [4.78, 5) is 32.0. The van der Waals surface area contributed by atoms with Crippen molar-refractivity contribution >= 4 is 17.4 Å². The van der Waals surface area contributed by atoms with Gasteiger partial charge in [0.2, 0.25) is 0 Å². The van der Waals surface area contributed by atoms with Crippen LogP contribution in [0.15, 0.2) is 66.8 Å². The first kappa shape index (κ1) is 23.9. The first-order chi connectivity index (χ1) is 17.0. The highest BCUT2D eigenvalue weighted by Gasteiger charge is 2.47. The van der Waals surface area contributed by atoms with Gasteiger partial charge < -0.3 is 28.8 Å². The number of ketones is 1. The second kappa shape index (κ2) is 10.3. The summed E-state index contributed by atoms with van der Waals surface area (Å²) >= 11 is 0. The molecule has 9 heteroatoms. The van der Waals surface area contributed by atoms with Gasteiger partial charge in [-0.1, -0.05) is 0 Å². The quantitative estimate of drug-likeness (QED) is 0.286. The number of hydrogen-bond donors (Lipinski definition) is 1. The van der Waals surface area contributed by atoms with E-state index in [9.17, 15) is 14.7 Å². The van der Waals surface area contributed by atoms with Crippen LogP contribution in [0.5, 0.6) is 17.2 Å². The molecule has 1 aliphatic rings. The van der Waals surface area contributed by atoms with E-state index in [2.05, 4.69) is 4.98 Å². The largest absolute Gasteiger partial charge is 0.507 e. The molecule has 182 valence electrons. The van der Waals surface area contributed by atoms with Crippen molar-refractivity contribution in [1.29, 1.82) is 0 Å². The molecule has 1 amide bonds. The molecule has 2 aromatic carbocycles. The first-order valence-electron chi connectivity index (χ1n) is 11.1. The molecule has 35 heavy (non-hydrogen) atoms. The maximum absolute atomic E-state index is 13.3. The van der Waals surface area contributed by atoms with Crippen molar-refractivity contribution < 1.29 is 28.9 Å². The topological polar surface area (TPSA) is 103 Å². The summed E-state index contributed by atoms with van der Waals surface area (Å²) in [6, 6.07) is 10.9. The number of aryl methyl sites for hydroxylation is 1. The summed E-state index contributed by atoms with van der Waals surface area (Å²) in [7, 11) is 4.59. The van der Waals surface area contributed by atoms with E-state index in [0.29, 0.717) is 41.3 Å². The molecule has 1 N–H and O–H groups in total. The Kier molecular flexibility index (Phi) is 7.05. The number of nitrogens with zero attached hydrogens (tertiary/aromatic N) is 3. The fourth-order valence-electron chi connectivity index (χ4n) is 4.23. The van der Waals surface area contributed by atoms with Gasteiger partial charge >= 0.3 is 0 Å². The average molecular weight is 478 g/mol. The number of ether oxygens (including phenoxy) is 3. The molecule has 0 saturated carbocycles. The molecule has 0 aliphatic carbocycles. The Labute approximate surface area is 203 Å². The number of benzene rings is 2. The van der Waals surface area contributed by atoms with Crippen molar-refractivity contribution in [3.05, 3.63) is 77.9 Å². The highest BCUT2D eigenvalue weighted by Crippen LogP contribution is 2.44. The molecule has 1 fully saturated rings. The minimum absolute atomic E-state index is 0.00523. The van der Waals surface area contributed by atoms with Gasteiger partial charge in [-0.3, -0.25) is 9.59 Å². The predicted octanol–water partition coefficient (Wildman–Crippen LogP) is 3.42. The summed E-state index contributed by atoms with van der Waals surface area (Å²) in [5, 5.41) is 11.2. The highest BCUT2D eigenvalue weighted by molar-refractivity contribution is 6.46. The van der Waals surface area contributed by atoms with Gasteiger partial charge in [-0.05, 0) is 48.9 Å². The number of carbonyl (C=O) groups excluding carboxylic acids is 2. The molecule has 2 heterocycles. The number of imidazole rings is 1. The number of methoxy groups -OCH3 is 3. The Balaban J connectivity index is 1.80. The van der Waals surface area contributed by atoms with Gasteiger partial charge in [0, 0.05) is 36.6 Å². The minimum atomic E-state index is -0.857. The summed E-state index contributed by atoms with van der Waals surface area (Å²) in [5.74, 6) is -0.0888. The van der Waals surface area contributed by atoms with Gasteiger partial charge in [-0.2, -0.15) is 0 Å². The number of aromatic nitrogens is 2. The number of carbonyl (C=O) groups is 2. The summed E-state index contributed by atoms with van der Waals surface area (Å²) in [5.41, 5.74) is 0.937. The third-order valence-corrected chi connectivity index (χ3v) is 6.01. The molecule has 1 aromatic heterocycles. The zero-order valence-corrected chi connectivity index (χ0v) is 19.8. The zero-order valence-electron chi connectivity index (χ0n) is 19.8. The van der Waals surface area contributed by atoms with Crippen LogP contribution in [0.3, 0.4) is 0 Å². The monoisotopic (exact) mass is 477 g/mol. The molecular formula is C26H27N3O6. The van der Waals surface area contributed by atoms with E-state index in [0.717, 1.165) is 0 Å². The SMILES string of the molecule is COc1ccc(C(O)=C2C(=O)C(=O)N(CCCn3ccnc3)[C@@H]2c2cc(OC)ccc2OC)cc1. The van der Waals surface area contributed by atoms with E-state index in [-0.39, 0.29) is 17.9 Å². The average Bonchev–Trinajstić information content (AvgIpc) is 3.50. The van der Waals surface area contributed by atoms with Gasteiger partial charge in [-0.25, -0.2) is 4.98 Å². The highest BCUT2D eigenvalue weighted by atomic mass is 16.5. The van der Waals surface area contributed by atoms with E-state index < -0.39 is 17.7 Å². The van der Waals surface area contributed by atoms with Gasteiger partial charge in [0.1, 0.15) is 23.0 Å². The first-order valence-corrected chi connectivity index (χ1v) is 11.1. The van der Waals surface area contributed by atoms with Gasteiger partial charge in [0.15, 0.2) is 0 Å². The molecule has 3 aromatic rings. The second-order valence-corrected chi connectivity index (χ2v) is 7.98. The predicted molar refractivity (Wildman–Crippen MR) is 128 cm³/mol. The van der Waals surface area contributed by atoms with Crippen LogP contribution in [0.2, 0.25) is 0 Å².